The Morgan fingerprint density at radius 3 is 2.27 bits per heavy atom. The van der Waals surface area contributed by atoms with Gasteiger partial charge in [0.15, 0.2) is 0 Å². The molecular formula is C8H14Br2O. The van der Waals surface area contributed by atoms with Crippen molar-refractivity contribution in [1.82, 2.24) is 0 Å². The smallest absolute Gasteiger partial charge is 0.0511 e. The maximum Gasteiger partial charge on any atom is 0.0511 e. The average molecular weight is 286 g/mol. The maximum atomic E-state index is 5.21. The number of hydrogen-bond donors (Lipinski definition) is 0. The summed E-state index contributed by atoms with van der Waals surface area (Å²) >= 11 is 6.96. The quantitative estimate of drug-likeness (QED) is 0.698. The highest BCUT2D eigenvalue weighted by Crippen LogP contribution is 2.23. The molecular weight excluding hydrogens is 272 g/mol. The summed E-state index contributed by atoms with van der Waals surface area (Å²) in [7, 11) is 0. The predicted molar refractivity (Wildman–Crippen MR) is 56.3 cm³/mol. The summed E-state index contributed by atoms with van der Waals surface area (Å²) in [6.45, 7) is 5.72. The van der Waals surface area contributed by atoms with E-state index >= 15 is 0 Å². The van der Waals surface area contributed by atoms with E-state index in [4.69, 9.17) is 4.74 Å². The van der Waals surface area contributed by atoms with Gasteiger partial charge in [0.25, 0.3) is 0 Å². The molecule has 0 spiro atoms. The largest absolute Gasteiger partial charge is 0.381 e. The Bertz CT molecular complexity index is 132. The standard InChI is InChI=1S/C8H14Br2O/c1-3-7(9)8(10)5-6-11-4-2/h3-6H2,1-2H3. The zero-order valence-corrected chi connectivity index (χ0v) is 10.2. The van der Waals surface area contributed by atoms with Gasteiger partial charge in [-0.1, -0.05) is 38.8 Å². The number of rotatable bonds is 5. The van der Waals surface area contributed by atoms with Crippen molar-refractivity contribution >= 4 is 31.9 Å². The molecule has 0 atom stereocenters. The van der Waals surface area contributed by atoms with Gasteiger partial charge in [0.1, 0.15) is 0 Å². The fraction of sp³-hybridized carbons (Fsp3) is 0.750. The maximum absolute atomic E-state index is 5.21. The molecule has 0 rings (SSSR count). The fourth-order valence-electron chi connectivity index (χ4n) is 0.634. The van der Waals surface area contributed by atoms with Gasteiger partial charge in [-0.3, -0.25) is 0 Å². The molecule has 0 heterocycles. The first-order valence-electron chi connectivity index (χ1n) is 3.83. The van der Waals surface area contributed by atoms with E-state index in [-0.39, 0.29) is 0 Å². The van der Waals surface area contributed by atoms with E-state index in [9.17, 15) is 0 Å². The molecule has 0 aromatic heterocycles. The van der Waals surface area contributed by atoms with Crippen LogP contribution in [0.15, 0.2) is 8.96 Å². The van der Waals surface area contributed by atoms with Crippen LogP contribution in [0.4, 0.5) is 0 Å². The van der Waals surface area contributed by atoms with Crippen LogP contribution in [0.3, 0.4) is 0 Å². The Morgan fingerprint density at radius 2 is 1.82 bits per heavy atom. The van der Waals surface area contributed by atoms with Gasteiger partial charge in [0.2, 0.25) is 0 Å². The van der Waals surface area contributed by atoms with Gasteiger partial charge in [-0.15, -0.1) is 0 Å². The van der Waals surface area contributed by atoms with Crippen molar-refractivity contribution in [2.75, 3.05) is 13.2 Å². The third-order valence-electron chi connectivity index (χ3n) is 1.27. The highest BCUT2D eigenvalue weighted by molar-refractivity contribution is 9.14. The summed E-state index contributed by atoms with van der Waals surface area (Å²) in [5.74, 6) is 0. The lowest BCUT2D eigenvalue weighted by Crippen LogP contribution is -1.93. The highest BCUT2D eigenvalue weighted by atomic mass is 79.9. The molecule has 3 heteroatoms. The van der Waals surface area contributed by atoms with Gasteiger partial charge < -0.3 is 4.74 Å². The van der Waals surface area contributed by atoms with E-state index in [1.54, 1.807) is 0 Å². The van der Waals surface area contributed by atoms with Crippen LogP contribution in [0, 0.1) is 0 Å². The van der Waals surface area contributed by atoms with E-state index in [1.165, 1.54) is 8.96 Å². The molecule has 66 valence electrons. The molecule has 0 saturated carbocycles. The van der Waals surface area contributed by atoms with Crippen LogP contribution in [0.1, 0.15) is 26.7 Å². The third-order valence-corrected chi connectivity index (χ3v) is 3.72. The summed E-state index contributed by atoms with van der Waals surface area (Å²) in [6, 6.07) is 0. The molecule has 0 saturated heterocycles. The normalized spacial score (nSPS) is 13.1. The predicted octanol–water partition coefficient (Wildman–Crippen LogP) is 3.82. The summed E-state index contributed by atoms with van der Waals surface area (Å²) in [6.07, 6.45) is 2.00. The molecule has 0 aromatic carbocycles. The summed E-state index contributed by atoms with van der Waals surface area (Å²) in [5.41, 5.74) is 0. The van der Waals surface area contributed by atoms with Crippen molar-refractivity contribution in [3.8, 4) is 0 Å². The van der Waals surface area contributed by atoms with E-state index in [1.807, 2.05) is 6.92 Å². The van der Waals surface area contributed by atoms with Crippen molar-refractivity contribution in [1.29, 1.82) is 0 Å². The second-order valence-electron chi connectivity index (χ2n) is 2.11. The molecule has 0 bridgehead atoms. The van der Waals surface area contributed by atoms with Crippen molar-refractivity contribution in [2.45, 2.75) is 26.7 Å². The van der Waals surface area contributed by atoms with Crippen LogP contribution >= 0.6 is 31.9 Å². The number of allylic oxidation sites excluding steroid dienone is 1. The molecule has 0 unspecified atom stereocenters. The topological polar surface area (TPSA) is 9.23 Å². The third kappa shape index (κ3) is 5.88. The second kappa shape index (κ2) is 7.32. The lowest BCUT2D eigenvalue weighted by atomic mass is 10.3. The Morgan fingerprint density at radius 1 is 1.18 bits per heavy atom. The Labute approximate surface area is 85.5 Å². The van der Waals surface area contributed by atoms with Gasteiger partial charge in [-0.2, -0.15) is 0 Å². The average Bonchev–Trinajstić information content (AvgIpc) is 2.03. The number of ether oxygens (including phenoxy) is 1. The minimum Gasteiger partial charge on any atom is -0.381 e. The summed E-state index contributed by atoms with van der Waals surface area (Å²) in [4.78, 5) is 0. The van der Waals surface area contributed by atoms with Crippen LogP contribution in [0.25, 0.3) is 0 Å². The monoisotopic (exact) mass is 284 g/mol. The second-order valence-corrected chi connectivity index (χ2v) is 4.02. The molecule has 0 aliphatic carbocycles. The lowest BCUT2D eigenvalue weighted by molar-refractivity contribution is 0.152. The Kier molecular flexibility index (Phi) is 7.76. The van der Waals surface area contributed by atoms with E-state index in [0.717, 1.165) is 26.1 Å². The van der Waals surface area contributed by atoms with Gasteiger partial charge in [-0.05, 0) is 13.3 Å². The van der Waals surface area contributed by atoms with E-state index in [2.05, 4.69) is 38.8 Å². The van der Waals surface area contributed by atoms with E-state index in [0.29, 0.717) is 0 Å². The molecule has 1 nitrogen and oxygen atoms in total. The van der Waals surface area contributed by atoms with Crippen LogP contribution in [-0.2, 0) is 4.74 Å². The highest BCUT2D eigenvalue weighted by Gasteiger charge is 1.97. The molecule has 0 N–H and O–H groups in total. The molecule has 0 amide bonds. The van der Waals surface area contributed by atoms with Gasteiger partial charge in [0, 0.05) is 22.0 Å². The number of halogens is 2. The zero-order valence-electron chi connectivity index (χ0n) is 6.99. The lowest BCUT2D eigenvalue weighted by Gasteiger charge is -2.02. The molecule has 0 aliphatic rings. The van der Waals surface area contributed by atoms with Gasteiger partial charge in [0.05, 0.1) is 6.61 Å². The van der Waals surface area contributed by atoms with Crippen molar-refractivity contribution < 1.29 is 4.74 Å². The van der Waals surface area contributed by atoms with Gasteiger partial charge >= 0.3 is 0 Å². The van der Waals surface area contributed by atoms with Crippen LogP contribution < -0.4 is 0 Å². The van der Waals surface area contributed by atoms with Crippen molar-refractivity contribution in [3.63, 3.8) is 0 Å². The molecule has 0 aliphatic heterocycles. The van der Waals surface area contributed by atoms with Crippen LogP contribution in [-0.4, -0.2) is 13.2 Å². The summed E-state index contributed by atoms with van der Waals surface area (Å²) in [5, 5.41) is 0. The van der Waals surface area contributed by atoms with Crippen molar-refractivity contribution in [2.24, 2.45) is 0 Å². The SMILES string of the molecule is CCOCCC(Br)=C(Br)CC. The minimum atomic E-state index is 0.796. The van der Waals surface area contributed by atoms with Crippen LogP contribution in [0.5, 0.6) is 0 Å². The molecule has 0 aromatic rings. The molecule has 0 fully saturated rings. The Balaban J connectivity index is 3.58. The molecule has 11 heavy (non-hydrogen) atoms. The fourth-order valence-corrected chi connectivity index (χ4v) is 1.27. The molecule has 0 radical (unpaired) electrons. The first-order valence-corrected chi connectivity index (χ1v) is 5.41. The van der Waals surface area contributed by atoms with Crippen molar-refractivity contribution in [3.05, 3.63) is 8.96 Å². The zero-order chi connectivity index (χ0) is 8.69. The minimum absolute atomic E-state index is 0.796. The van der Waals surface area contributed by atoms with Gasteiger partial charge in [-0.25, -0.2) is 0 Å². The van der Waals surface area contributed by atoms with Crippen LogP contribution in [0.2, 0.25) is 0 Å². The first-order chi connectivity index (χ1) is 5.22. The first kappa shape index (κ1) is 11.7. The Hall–Kier alpha value is 0.660. The summed E-state index contributed by atoms with van der Waals surface area (Å²) < 4.78 is 7.66. The van der Waals surface area contributed by atoms with E-state index < -0.39 is 0 Å². The number of hydrogen-bond acceptors (Lipinski definition) is 1.